The first-order valence-corrected chi connectivity index (χ1v) is 12.0. The second-order valence-corrected chi connectivity index (χ2v) is 9.38. The smallest absolute Gasteiger partial charge is 0.276 e. The van der Waals surface area contributed by atoms with Crippen LogP contribution >= 0.6 is 34.7 Å². The highest BCUT2D eigenvalue weighted by Crippen LogP contribution is 2.26. The Hall–Kier alpha value is -1.83. The normalized spacial score (nSPS) is 17.0. The molecule has 1 fully saturated rings. The number of aromatic nitrogens is 2. The van der Waals surface area contributed by atoms with Gasteiger partial charge in [-0.05, 0) is 55.3 Å². The number of amides is 1. The fourth-order valence-corrected chi connectivity index (χ4v) is 5.64. The van der Waals surface area contributed by atoms with Crippen molar-refractivity contribution in [2.45, 2.75) is 43.8 Å². The van der Waals surface area contributed by atoms with E-state index in [2.05, 4.69) is 11.9 Å². The zero-order valence-electron chi connectivity index (χ0n) is 16.1. The number of thiophene rings is 1. The molecule has 4 rings (SSSR count). The number of halogens is 1. The van der Waals surface area contributed by atoms with Crippen molar-refractivity contribution in [3.8, 4) is 5.69 Å². The first kappa shape index (κ1) is 20.4. The minimum atomic E-state index is -0.133. The molecule has 5 nitrogen and oxygen atoms in total. The Bertz CT molecular complexity index is 1090. The molecule has 3 aromatic rings. The van der Waals surface area contributed by atoms with Crippen LogP contribution in [0.5, 0.6) is 0 Å². The number of hydrogen-bond donors (Lipinski definition) is 0. The van der Waals surface area contributed by atoms with Gasteiger partial charge >= 0.3 is 0 Å². The summed E-state index contributed by atoms with van der Waals surface area (Å²) in [4.78, 5) is 32.7. The molecule has 0 aliphatic carbocycles. The van der Waals surface area contributed by atoms with Crippen LogP contribution in [0.25, 0.3) is 15.9 Å². The zero-order valence-corrected chi connectivity index (χ0v) is 18.5. The lowest BCUT2D eigenvalue weighted by atomic mass is 10.0. The van der Waals surface area contributed by atoms with Crippen LogP contribution in [0.4, 0.5) is 0 Å². The SMILES string of the molecule is CCC1CCCCN1C(=O)CSc1nc2ccsc2c(=O)n1-c1cccc(Cl)c1. The van der Waals surface area contributed by atoms with Crippen molar-refractivity contribution >= 4 is 50.8 Å². The number of likely N-dealkylation sites (tertiary alicyclic amines) is 1. The lowest BCUT2D eigenvalue weighted by Crippen LogP contribution is -2.44. The molecule has 1 aromatic carbocycles. The summed E-state index contributed by atoms with van der Waals surface area (Å²) in [6, 6.07) is 9.31. The molecular formula is C21H22ClN3O2S2. The van der Waals surface area contributed by atoms with E-state index in [0.717, 1.165) is 25.8 Å². The van der Waals surface area contributed by atoms with Crippen LogP contribution in [0.2, 0.25) is 5.02 Å². The Morgan fingerprint density at radius 1 is 1.34 bits per heavy atom. The van der Waals surface area contributed by atoms with E-state index in [1.165, 1.54) is 29.5 Å². The van der Waals surface area contributed by atoms with Gasteiger partial charge in [0.1, 0.15) is 4.70 Å². The van der Waals surface area contributed by atoms with Gasteiger partial charge in [0.25, 0.3) is 5.56 Å². The highest BCUT2D eigenvalue weighted by atomic mass is 35.5. The summed E-state index contributed by atoms with van der Waals surface area (Å²) in [5.74, 6) is 0.373. The number of thioether (sulfide) groups is 1. The molecule has 1 unspecified atom stereocenters. The third kappa shape index (κ3) is 4.22. The van der Waals surface area contributed by atoms with Crippen molar-refractivity contribution in [3.05, 3.63) is 51.1 Å². The number of carbonyl (C=O) groups is 1. The number of rotatable bonds is 5. The standard InChI is InChI=1S/C21H22ClN3O2S2/c1-2-15-7-3-4-10-24(15)18(26)13-29-21-23-17-9-11-28-19(17)20(27)25(21)16-8-5-6-14(22)12-16/h5-6,8-9,11-12,15H,2-4,7,10,13H2,1H3. The van der Waals surface area contributed by atoms with E-state index in [-0.39, 0.29) is 17.2 Å². The first-order valence-electron chi connectivity index (χ1n) is 9.77. The Morgan fingerprint density at radius 3 is 3.00 bits per heavy atom. The molecule has 1 aliphatic rings. The molecule has 0 saturated carbocycles. The molecule has 1 amide bonds. The van der Waals surface area contributed by atoms with Crippen molar-refractivity contribution in [1.29, 1.82) is 0 Å². The van der Waals surface area contributed by atoms with E-state index in [9.17, 15) is 9.59 Å². The van der Waals surface area contributed by atoms with Gasteiger partial charge in [0.2, 0.25) is 5.91 Å². The second-order valence-electron chi connectivity index (χ2n) is 7.08. The number of carbonyl (C=O) groups excluding carboxylic acids is 1. The first-order chi connectivity index (χ1) is 14.1. The van der Waals surface area contributed by atoms with Crippen molar-refractivity contribution in [2.75, 3.05) is 12.3 Å². The molecule has 3 heterocycles. The summed E-state index contributed by atoms with van der Waals surface area (Å²) in [5.41, 5.74) is 1.19. The van der Waals surface area contributed by atoms with Crippen molar-refractivity contribution in [3.63, 3.8) is 0 Å². The number of piperidine rings is 1. The van der Waals surface area contributed by atoms with E-state index in [1.807, 2.05) is 28.5 Å². The average molecular weight is 448 g/mol. The predicted octanol–water partition coefficient (Wildman–Crippen LogP) is 4.98. The van der Waals surface area contributed by atoms with E-state index in [1.54, 1.807) is 16.7 Å². The minimum absolute atomic E-state index is 0.110. The summed E-state index contributed by atoms with van der Waals surface area (Å²) in [7, 11) is 0. The van der Waals surface area contributed by atoms with Crippen molar-refractivity contribution in [1.82, 2.24) is 14.5 Å². The summed E-state index contributed by atoms with van der Waals surface area (Å²) in [6.07, 6.45) is 4.28. The Morgan fingerprint density at radius 2 is 2.21 bits per heavy atom. The summed E-state index contributed by atoms with van der Waals surface area (Å²) in [5, 5.41) is 2.92. The van der Waals surface area contributed by atoms with E-state index in [0.29, 0.717) is 32.1 Å². The maximum absolute atomic E-state index is 13.1. The third-order valence-corrected chi connectivity index (χ3v) is 7.31. The van der Waals surface area contributed by atoms with Crippen LogP contribution in [-0.4, -0.2) is 38.7 Å². The van der Waals surface area contributed by atoms with Crippen LogP contribution < -0.4 is 5.56 Å². The van der Waals surface area contributed by atoms with Gasteiger partial charge in [-0.25, -0.2) is 4.98 Å². The number of fused-ring (bicyclic) bond motifs is 1. The third-order valence-electron chi connectivity index (χ3n) is 5.26. The maximum atomic E-state index is 13.1. The number of benzene rings is 1. The van der Waals surface area contributed by atoms with Gasteiger partial charge in [0.05, 0.1) is 17.0 Å². The minimum Gasteiger partial charge on any atom is -0.339 e. The summed E-state index contributed by atoms with van der Waals surface area (Å²) >= 11 is 8.85. The van der Waals surface area contributed by atoms with Crippen LogP contribution in [0.3, 0.4) is 0 Å². The quantitative estimate of drug-likeness (QED) is 0.408. The van der Waals surface area contributed by atoms with Gasteiger partial charge in [-0.15, -0.1) is 11.3 Å². The van der Waals surface area contributed by atoms with Crippen LogP contribution in [-0.2, 0) is 4.79 Å². The van der Waals surface area contributed by atoms with Gasteiger partial charge in [-0.2, -0.15) is 0 Å². The lowest BCUT2D eigenvalue weighted by Gasteiger charge is -2.35. The lowest BCUT2D eigenvalue weighted by molar-refractivity contribution is -0.132. The molecule has 152 valence electrons. The highest BCUT2D eigenvalue weighted by molar-refractivity contribution is 7.99. The molecule has 1 saturated heterocycles. The van der Waals surface area contributed by atoms with Crippen LogP contribution in [0.1, 0.15) is 32.6 Å². The van der Waals surface area contributed by atoms with Gasteiger partial charge in [-0.3, -0.25) is 14.2 Å². The van der Waals surface area contributed by atoms with Crippen molar-refractivity contribution in [2.24, 2.45) is 0 Å². The summed E-state index contributed by atoms with van der Waals surface area (Å²) in [6.45, 7) is 2.95. The molecule has 29 heavy (non-hydrogen) atoms. The topological polar surface area (TPSA) is 55.2 Å². The zero-order chi connectivity index (χ0) is 20.4. The monoisotopic (exact) mass is 447 g/mol. The second kappa shape index (κ2) is 8.90. The number of hydrogen-bond acceptors (Lipinski definition) is 5. The molecule has 8 heteroatoms. The van der Waals surface area contributed by atoms with Gasteiger partial charge in [-0.1, -0.05) is 36.4 Å². The largest absolute Gasteiger partial charge is 0.339 e. The molecule has 0 radical (unpaired) electrons. The fraction of sp³-hybridized carbons (Fsp3) is 0.381. The van der Waals surface area contributed by atoms with E-state index < -0.39 is 0 Å². The van der Waals surface area contributed by atoms with Crippen molar-refractivity contribution < 1.29 is 4.79 Å². The highest BCUT2D eigenvalue weighted by Gasteiger charge is 2.26. The molecule has 1 aliphatic heterocycles. The summed E-state index contributed by atoms with van der Waals surface area (Å²) < 4.78 is 2.17. The predicted molar refractivity (Wildman–Crippen MR) is 121 cm³/mol. The fourth-order valence-electron chi connectivity index (χ4n) is 3.79. The molecule has 0 bridgehead atoms. The van der Waals surface area contributed by atoms with Gasteiger partial charge in [0.15, 0.2) is 5.16 Å². The molecule has 2 aromatic heterocycles. The Kier molecular flexibility index (Phi) is 6.27. The van der Waals surface area contributed by atoms with Crippen LogP contribution in [0.15, 0.2) is 45.7 Å². The van der Waals surface area contributed by atoms with E-state index >= 15 is 0 Å². The Labute approximate surface area is 182 Å². The molecule has 0 N–H and O–H groups in total. The maximum Gasteiger partial charge on any atom is 0.276 e. The van der Waals surface area contributed by atoms with Gasteiger partial charge in [0, 0.05) is 17.6 Å². The van der Waals surface area contributed by atoms with Crippen LogP contribution in [0, 0.1) is 0 Å². The molecule has 1 atom stereocenters. The van der Waals surface area contributed by atoms with E-state index in [4.69, 9.17) is 11.6 Å². The Balaban J connectivity index is 1.67. The number of nitrogens with zero attached hydrogens (tertiary/aromatic N) is 3. The molecular weight excluding hydrogens is 426 g/mol. The average Bonchev–Trinajstić information content (AvgIpc) is 3.21. The molecule has 0 spiro atoms. The van der Waals surface area contributed by atoms with Gasteiger partial charge < -0.3 is 4.90 Å².